The molecule has 1 N–H and O–H groups in total. The lowest BCUT2D eigenvalue weighted by molar-refractivity contribution is 0.313. The molecule has 70 valence electrons. The molecule has 0 heterocycles. The summed E-state index contributed by atoms with van der Waals surface area (Å²) in [5.41, 5.74) is 3.87. The predicted molar refractivity (Wildman–Crippen MR) is 54.2 cm³/mol. The monoisotopic (exact) mass is 178 g/mol. The molecule has 13 heavy (non-hydrogen) atoms. The normalized spacial score (nSPS) is 9.31. The average Bonchev–Trinajstić information content (AvgIpc) is 2.15. The van der Waals surface area contributed by atoms with E-state index in [1.165, 1.54) is 0 Å². The van der Waals surface area contributed by atoms with E-state index >= 15 is 0 Å². The number of nitrogens with zero attached hydrogens (tertiary/aromatic N) is 1. The molecule has 3 heteroatoms. The van der Waals surface area contributed by atoms with E-state index in [1.54, 1.807) is 0 Å². The van der Waals surface area contributed by atoms with Gasteiger partial charge in [0.1, 0.15) is 12.4 Å². The Morgan fingerprint density at radius 2 is 2.23 bits per heavy atom. The van der Waals surface area contributed by atoms with E-state index in [9.17, 15) is 0 Å². The molecule has 0 spiro atoms. The number of hydrogen-bond donors (Lipinski definition) is 1. The van der Waals surface area contributed by atoms with Crippen molar-refractivity contribution in [3.05, 3.63) is 29.8 Å². The van der Waals surface area contributed by atoms with Crippen LogP contribution >= 0.6 is 0 Å². The quantitative estimate of drug-likeness (QED) is 0.422. The Kier molecular flexibility index (Phi) is 3.82. The van der Waals surface area contributed by atoms with Crippen LogP contribution in [0.25, 0.3) is 0 Å². The molecule has 1 aromatic rings. The minimum atomic E-state index is 0.601. The number of aryl methyl sites for hydroxylation is 1. The Labute approximate surface area is 78.4 Å². The number of rotatable bonds is 5. The van der Waals surface area contributed by atoms with Gasteiger partial charge in [-0.25, -0.2) is 0 Å². The summed E-state index contributed by atoms with van der Waals surface area (Å²) in [6.45, 7) is 6.61. The Bertz CT molecular complexity index is 273. The number of benzene rings is 1. The molecule has 0 aromatic heterocycles. The third kappa shape index (κ3) is 3.15. The van der Waals surface area contributed by atoms with Gasteiger partial charge in [0.2, 0.25) is 0 Å². The Morgan fingerprint density at radius 3 is 2.92 bits per heavy atom. The van der Waals surface area contributed by atoms with Crippen LogP contribution in [-0.2, 0) is 0 Å². The molecular formula is C10H14N2O. The summed E-state index contributed by atoms with van der Waals surface area (Å²) in [7, 11) is 0. The van der Waals surface area contributed by atoms with Crippen molar-refractivity contribution in [2.75, 3.05) is 13.2 Å². The van der Waals surface area contributed by atoms with Crippen molar-refractivity contribution < 1.29 is 4.74 Å². The van der Waals surface area contributed by atoms with Crippen molar-refractivity contribution in [2.24, 2.45) is 5.10 Å². The first-order valence-corrected chi connectivity index (χ1v) is 4.21. The molecule has 0 fully saturated rings. The smallest absolute Gasteiger partial charge is 0.122 e. The van der Waals surface area contributed by atoms with Gasteiger partial charge in [-0.1, -0.05) is 18.2 Å². The van der Waals surface area contributed by atoms with Gasteiger partial charge in [0.25, 0.3) is 0 Å². The van der Waals surface area contributed by atoms with Crippen LogP contribution in [-0.4, -0.2) is 19.9 Å². The lowest BCUT2D eigenvalue weighted by atomic mass is 10.2. The lowest BCUT2D eigenvalue weighted by Crippen LogP contribution is -2.15. The highest BCUT2D eigenvalue weighted by molar-refractivity contribution is 5.31. The highest BCUT2D eigenvalue weighted by Gasteiger charge is 1.95. The van der Waals surface area contributed by atoms with Crippen LogP contribution in [0.3, 0.4) is 0 Å². The summed E-state index contributed by atoms with van der Waals surface area (Å²) in [4.78, 5) is 0. The van der Waals surface area contributed by atoms with Crippen molar-refractivity contribution in [2.45, 2.75) is 6.92 Å². The Hall–Kier alpha value is -1.51. The van der Waals surface area contributed by atoms with Gasteiger partial charge < -0.3 is 10.2 Å². The maximum atomic E-state index is 5.49. The summed E-state index contributed by atoms with van der Waals surface area (Å²) < 4.78 is 5.49. The second kappa shape index (κ2) is 5.19. The molecule has 0 atom stereocenters. The van der Waals surface area contributed by atoms with Crippen molar-refractivity contribution in [3.8, 4) is 5.75 Å². The Morgan fingerprint density at radius 1 is 1.46 bits per heavy atom. The van der Waals surface area contributed by atoms with E-state index in [4.69, 9.17) is 4.74 Å². The first kappa shape index (κ1) is 9.58. The molecule has 0 unspecified atom stereocenters. The van der Waals surface area contributed by atoms with Gasteiger partial charge in [-0.3, -0.25) is 0 Å². The Balaban J connectivity index is 2.36. The van der Waals surface area contributed by atoms with Crippen LogP contribution < -0.4 is 10.2 Å². The van der Waals surface area contributed by atoms with Crippen LogP contribution in [0.5, 0.6) is 5.75 Å². The lowest BCUT2D eigenvalue weighted by Gasteiger charge is -2.07. The van der Waals surface area contributed by atoms with Crippen LogP contribution in [0.1, 0.15) is 5.56 Å². The van der Waals surface area contributed by atoms with Gasteiger partial charge in [0, 0.05) is 6.72 Å². The van der Waals surface area contributed by atoms with Gasteiger partial charge >= 0.3 is 0 Å². The molecule has 0 aliphatic carbocycles. The first-order valence-electron chi connectivity index (χ1n) is 4.21. The van der Waals surface area contributed by atoms with Gasteiger partial charge in [0.05, 0.1) is 6.54 Å². The molecular weight excluding hydrogens is 164 g/mol. The second-order valence-electron chi connectivity index (χ2n) is 2.68. The van der Waals surface area contributed by atoms with Gasteiger partial charge in [0.15, 0.2) is 0 Å². The van der Waals surface area contributed by atoms with E-state index in [0.29, 0.717) is 13.2 Å². The average molecular weight is 178 g/mol. The van der Waals surface area contributed by atoms with Crippen molar-refractivity contribution in [1.29, 1.82) is 0 Å². The number of ether oxygens (including phenoxy) is 1. The largest absolute Gasteiger partial charge is 0.491 e. The van der Waals surface area contributed by atoms with E-state index < -0.39 is 0 Å². The van der Waals surface area contributed by atoms with E-state index in [1.807, 2.05) is 31.2 Å². The topological polar surface area (TPSA) is 33.6 Å². The molecule has 0 saturated carbocycles. The zero-order valence-corrected chi connectivity index (χ0v) is 7.79. The number of nitrogens with one attached hydrogen (secondary N) is 1. The fourth-order valence-corrected chi connectivity index (χ4v) is 1.00. The number of hydrazone groups is 1. The fourth-order valence-electron chi connectivity index (χ4n) is 1.00. The third-order valence-electron chi connectivity index (χ3n) is 1.68. The van der Waals surface area contributed by atoms with Crippen LogP contribution in [0, 0.1) is 6.92 Å². The fraction of sp³-hybridized carbons (Fsp3) is 0.300. The van der Waals surface area contributed by atoms with Gasteiger partial charge in [-0.2, -0.15) is 5.10 Å². The molecule has 0 aliphatic rings. The molecule has 0 saturated heterocycles. The van der Waals surface area contributed by atoms with Crippen LogP contribution in [0.15, 0.2) is 29.4 Å². The molecule has 0 aliphatic heterocycles. The summed E-state index contributed by atoms with van der Waals surface area (Å²) in [5, 5.41) is 3.51. The van der Waals surface area contributed by atoms with Crippen molar-refractivity contribution >= 4 is 6.72 Å². The zero-order chi connectivity index (χ0) is 9.52. The number of para-hydroxylation sites is 1. The second-order valence-corrected chi connectivity index (χ2v) is 2.68. The third-order valence-corrected chi connectivity index (χ3v) is 1.68. The highest BCUT2D eigenvalue weighted by Crippen LogP contribution is 2.15. The molecule has 0 radical (unpaired) electrons. The van der Waals surface area contributed by atoms with E-state index in [2.05, 4.69) is 17.2 Å². The summed E-state index contributed by atoms with van der Waals surface area (Å²) in [6.07, 6.45) is 0. The summed E-state index contributed by atoms with van der Waals surface area (Å²) >= 11 is 0. The van der Waals surface area contributed by atoms with Crippen molar-refractivity contribution in [1.82, 2.24) is 5.43 Å². The minimum absolute atomic E-state index is 0.601. The maximum absolute atomic E-state index is 5.49. The SMILES string of the molecule is C=NNCCOc1ccccc1C. The molecule has 3 nitrogen and oxygen atoms in total. The van der Waals surface area contributed by atoms with Crippen LogP contribution in [0.2, 0.25) is 0 Å². The molecule has 0 amide bonds. The van der Waals surface area contributed by atoms with Gasteiger partial charge in [-0.05, 0) is 18.6 Å². The molecule has 1 aromatic carbocycles. The minimum Gasteiger partial charge on any atom is -0.491 e. The van der Waals surface area contributed by atoms with E-state index in [0.717, 1.165) is 11.3 Å². The standard InChI is InChI=1S/C10H14N2O/c1-9-5-3-4-6-10(9)13-8-7-12-11-2/h3-6,12H,2,7-8H2,1H3. The first-order chi connectivity index (χ1) is 6.34. The number of hydrogen-bond acceptors (Lipinski definition) is 3. The zero-order valence-electron chi connectivity index (χ0n) is 7.79. The van der Waals surface area contributed by atoms with Gasteiger partial charge in [-0.15, -0.1) is 0 Å². The van der Waals surface area contributed by atoms with Crippen LogP contribution in [0.4, 0.5) is 0 Å². The molecule has 0 bridgehead atoms. The predicted octanol–water partition coefficient (Wildman–Crippen LogP) is 1.58. The van der Waals surface area contributed by atoms with E-state index in [-0.39, 0.29) is 0 Å². The highest BCUT2D eigenvalue weighted by atomic mass is 16.5. The molecule has 1 rings (SSSR count). The van der Waals surface area contributed by atoms with Crippen molar-refractivity contribution in [3.63, 3.8) is 0 Å². The summed E-state index contributed by atoms with van der Waals surface area (Å²) in [5.74, 6) is 0.924. The summed E-state index contributed by atoms with van der Waals surface area (Å²) in [6, 6.07) is 7.93. The maximum Gasteiger partial charge on any atom is 0.122 e.